The smallest absolute Gasteiger partial charge is 0.386 e. The zero-order chi connectivity index (χ0) is 23.2. The number of rotatable bonds is 2. The Hall–Kier alpha value is -1.88. The van der Waals surface area contributed by atoms with Crippen molar-refractivity contribution in [3.63, 3.8) is 0 Å². The Morgan fingerprint density at radius 3 is 2.45 bits per heavy atom. The molecule has 2 saturated carbocycles. The zero-order valence-electron chi connectivity index (χ0n) is 17.7. The molecule has 1 amide bonds. The fraction of sp³-hybridized carbons (Fsp3) is 0.636. The Kier molecular flexibility index (Phi) is 4.63. The van der Waals surface area contributed by atoms with Crippen molar-refractivity contribution in [2.45, 2.75) is 56.1 Å². The molecule has 0 bridgehead atoms. The maximum atomic E-state index is 13.7. The molecule has 1 unspecified atom stereocenters. The lowest BCUT2D eigenvalue weighted by Gasteiger charge is -2.48. The van der Waals surface area contributed by atoms with Gasteiger partial charge in [-0.25, -0.2) is 4.52 Å². The molecule has 1 atom stereocenters. The van der Waals surface area contributed by atoms with Crippen LogP contribution in [0.5, 0.6) is 0 Å². The molecule has 4 fully saturated rings. The first-order chi connectivity index (χ1) is 15.6. The van der Waals surface area contributed by atoms with Gasteiger partial charge in [0.2, 0.25) is 0 Å². The van der Waals surface area contributed by atoms with Crippen LogP contribution in [0.15, 0.2) is 12.1 Å². The van der Waals surface area contributed by atoms with Gasteiger partial charge in [0, 0.05) is 18.4 Å². The molecular weight excluding hydrogens is 463 g/mol. The predicted octanol–water partition coefficient (Wildman–Crippen LogP) is 3.61. The summed E-state index contributed by atoms with van der Waals surface area (Å²) >= 11 is 6.40. The second kappa shape index (κ2) is 7.07. The third-order valence-corrected chi connectivity index (χ3v) is 7.73. The van der Waals surface area contributed by atoms with Crippen molar-refractivity contribution in [3.05, 3.63) is 34.1 Å². The summed E-state index contributed by atoms with van der Waals surface area (Å²) in [4.78, 5) is 14.5. The highest BCUT2D eigenvalue weighted by Gasteiger charge is 2.55. The maximum absolute atomic E-state index is 13.7. The molecular formula is C22H23ClF3N3O4. The van der Waals surface area contributed by atoms with Crippen molar-refractivity contribution in [2.24, 2.45) is 5.41 Å². The number of halogens is 4. The summed E-state index contributed by atoms with van der Waals surface area (Å²) in [5, 5.41) is 14.6. The second-order valence-electron chi connectivity index (χ2n) is 9.81. The number of hydrogen-bond donors (Lipinski definition) is 1. The van der Waals surface area contributed by atoms with Gasteiger partial charge < -0.3 is 19.5 Å². The minimum atomic E-state index is -4.65. The number of carbonyl (C=O) groups is 1. The molecule has 6 rings (SSSR count). The number of carbonyl (C=O) groups excluding carboxylic acids is 1. The Bertz CT molecular complexity index is 1130. The molecule has 2 saturated heterocycles. The Morgan fingerprint density at radius 1 is 1.18 bits per heavy atom. The highest BCUT2D eigenvalue weighted by atomic mass is 35.5. The highest BCUT2D eigenvalue weighted by molar-refractivity contribution is 6.36. The first-order valence-electron chi connectivity index (χ1n) is 11.2. The average molecular weight is 486 g/mol. The van der Waals surface area contributed by atoms with Gasteiger partial charge in [-0.15, -0.1) is 0 Å². The van der Waals surface area contributed by atoms with E-state index in [4.69, 9.17) is 21.1 Å². The number of piperidine rings is 1. The molecule has 2 aliphatic carbocycles. The molecule has 0 radical (unpaired) electrons. The molecule has 2 spiro atoms. The van der Waals surface area contributed by atoms with E-state index >= 15 is 0 Å². The van der Waals surface area contributed by atoms with Gasteiger partial charge >= 0.3 is 6.18 Å². The van der Waals surface area contributed by atoms with Crippen LogP contribution in [0.3, 0.4) is 0 Å². The van der Waals surface area contributed by atoms with E-state index in [-0.39, 0.29) is 47.1 Å². The number of aromatic nitrogens is 2. The largest absolute Gasteiger partial charge is 0.433 e. The number of aliphatic hydroxyl groups excluding tert-OH is 1. The van der Waals surface area contributed by atoms with Crippen LogP contribution < -0.4 is 0 Å². The fourth-order valence-corrected chi connectivity index (χ4v) is 5.05. The van der Waals surface area contributed by atoms with Gasteiger partial charge in [-0.2, -0.15) is 18.3 Å². The van der Waals surface area contributed by atoms with Crippen molar-refractivity contribution in [1.82, 2.24) is 14.5 Å². The summed E-state index contributed by atoms with van der Waals surface area (Å²) in [6.07, 6.45) is -1.76. The number of ether oxygens (including phenoxy) is 2. The summed E-state index contributed by atoms with van der Waals surface area (Å²) in [6.45, 7) is 1.14. The van der Waals surface area contributed by atoms with E-state index in [1.165, 1.54) is 4.90 Å². The van der Waals surface area contributed by atoms with Crippen LogP contribution in [0.25, 0.3) is 5.52 Å². The van der Waals surface area contributed by atoms with Gasteiger partial charge in [0.15, 0.2) is 11.5 Å². The quantitative estimate of drug-likeness (QED) is 0.703. The minimum absolute atomic E-state index is 0.0550. The topological polar surface area (TPSA) is 76.3 Å². The van der Waals surface area contributed by atoms with Crippen LogP contribution in [0, 0.1) is 5.41 Å². The van der Waals surface area contributed by atoms with Gasteiger partial charge in [0.25, 0.3) is 5.91 Å². The Morgan fingerprint density at radius 2 is 1.88 bits per heavy atom. The van der Waals surface area contributed by atoms with Gasteiger partial charge in [-0.3, -0.25) is 4.79 Å². The van der Waals surface area contributed by atoms with Crippen molar-refractivity contribution >= 4 is 23.0 Å². The maximum Gasteiger partial charge on any atom is 0.433 e. The lowest BCUT2D eigenvalue weighted by atomic mass is 9.97. The molecule has 2 aliphatic heterocycles. The molecule has 4 heterocycles. The number of amides is 1. The number of nitrogens with zero attached hydrogens (tertiary/aromatic N) is 3. The lowest BCUT2D eigenvalue weighted by molar-refractivity contribution is -0.336. The van der Waals surface area contributed by atoms with E-state index in [9.17, 15) is 23.1 Å². The first-order valence-corrected chi connectivity index (χ1v) is 11.5. The number of fused-ring (bicyclic) bond motifs is 1. The van der Waals surface area contributed by atoms with Crippen molar-refractivity contribution in [1.29, 1.82) is 0 Å². The fourth-order valence-electron chi connectivity index (χ4n) is 4.80. The molecule has 178 valence electrons. The third-order valence-electron chi connectivity index (χ3n) is 7.36. The van der Waals surface area contributed by atoms with Crippen LogP contribution in [0.4, 0.5) is 13.2 Å². The monoisotopic (exact) mass is 485 g/mol. The molecule has 2 aromatic heterocycles. The lowest BCUT2D eigenvalue weighted by Crippen LogP contribution is -2.62. The first kappa shape index (κ1) is 21.6. The van der Waals surface area contributed by atoms with Crippen LogP contribution in [0.2, 0.25) is 5.02 Å². The molecule has 4 aliphatic rings. The van der Waals surface area contributed by atoms with E-state index in [1.807, 2.05) is 0 Å². The van der Waals surface area contributed by atoms with Crippen LogP contribution in [0.1, 0.15) is 59.8 Å². The summed E-state index contributed by atoms with van der Waals surface area (Å²) in [6, 6.07) is 2.66. The summed E-state index contributed by atoms with van der Waals surface area (Å²) in [5.74, 6) is -1.72. The number of pyridine rings is 1. The predicted molar refractivity (Wildman–Crippen MR) is 110 cm³/mol. The van der Waals surface area contributed by atoms with Crippen LogP contribution in [-0.2, 0) is 15.7 Å². The van der Waals surface area contributed by atoms with Gasteiger partial charge in [-0.05, 0) is 49.3 Å². The van der Waals surface area contributed by atoms with Crippen LogP contribution >= 0.6 is 11.6 Å². The SMILES string of the molecule is O=C(c1nn2c(C(F)(F)F)cc(C3CC3)cc2c1Cl)N1CCC2(OCC3(CC3)CO2)C(O)C1. The van der Waals surface area contributed by atoms with Gasteiger partial charge in [0.05, 0.1) is 30.3 Å². The van der Waals surface area contributed by atoms with Crippen LogP contribution in [-0.4, -0.2) is 63.7 Å². The van der Waals surface area contributed by atoms with E-state index in [2.05, 4.69) is 5.10 Å². The normalized spacial score (nSPS) is 26.3. The standard InChI is InChI=1S/C22H23ClF3N3O4/c23-17-14-7-13(12-1-2-12)8-15(22(24,25)26)29(14)27-18(17)19(31)28-6-5-21(16(30)9-28)32-10-20(3-4-20)11-33-21/h7-8,12,16,30H,1-6,9-11H2. The number of β-amino-alcohol motifs (C(OH)–C–C–N with tert-alkyl or cyclic N) is 1. The number of alkyl halides is 3. The number of hydrogen-bond acceptors (Lipinski definition) is 5. The summed E-state index contributed by atoms with van der Waals surface area (Å²) in [7, 11) is 0. The molecule has 33 heavy (non-hydrogen) atoms. The van der Waals surface area contributed by atoms with Crippen molar-refractivity contribution < 1.29 is 32.5 Å². The van der Waals surface area contributed by atoms with E-state index in [0.29, 0.717) is 23.3 Å². The highest BCUT2D eigenvalue weighted by Crippen LogP contribution is 2.51. The number of aliphatic hydroxyl groups is 1. The Labute approximate surface area is 192 Å². The number of likely N-dealkylation sites (tertiary alicyclic amines) is 1. The van der Waals surface area contributed by atoms with Gasteiger partial charge in [-0.1, -0.05) is 11.6 Å². The van der Waals surface area contributed by atoms with Crippen molar-refractivity contribution in [2.75, 3.05) is 26.3 Å². The molecule has 7 nitrogen and oxygen atoms in total. The minimum Gasteiger partial charge on any atom is -0.386 e. The second-order valence-corrected chi connectivity index (χ2v) is 10.2. The van der Waals surface area contributed by atoms with Crippen molar-refractivity contribution in [3.8, 4) is 0 Å². The molecule has 2 aromatic rings. The summed E-state index contributed by atoms with van der Waals surface area (Å²) in [5.41, 5.74) is -0.554. The average Bonchev–Trinajstić information content (AvgIpc) is 3.71. The van der Waals surface area contributed by atoms with Gasteiger partial charge in [0.1, 0.15) is 11.8 Å². The molecule has 0 aromatic carbocycles. The third kappa shape index (κ3) is 3.53. The zero-order valence-corrected chi connectivity index (χ0v) is 18.5. The summed E-state index contributed by atoms with van der Waals surface area (Å²) < 4.78 is 53.7. The molecule has 1 N–H and O–H groups in total. The molecule has 11 heteroatoms. The Balaban J connectivity index is 1.28. The van der Waals surface area contributed by atoms with E-state index < -0.39 is 29.7 Å². The van der Waals surface area contributed by atoms with E-state index in [0.717, 1.165) is 31.7 Å². The van der Waals surface area contributed by atoms with E-state index in [1.54, 1.807) is 6.07 Å².